The minimum absolute atomic E-state index is 0.0761. The van der Waals surface area contributed by atoms with Crippen LogP contribution in [0.5, 0.6) is 0 Å². The smallest absolute Gasteiger partial charge is 0.231 e. The quantitative estimate of drug-likeness (QED) is 0.761. The van der Waals surface area contributed by atoms with Gasteiger partial charge in [0, 0.05) is 15.6 Å². The Labute approximate surface area is 114 Å². The number of hydrogen-bond donors (Lipinski definition) is 0. The van der Waals surface area contributed by atoms with Crippen molar-refractivity contribution in [3.8, 4) is 0 Å². The maximum absolute atomic E-state index is 12.5. The van der Waals surface area contributed by atoms with Crippen LogP contribution in [0, 0.1) is 0 Å². The lowest BCUT2D eigenvalue weighted by Crippen LogP contribution is -2.08. The minimum atomic E-state index is -4.45. The van der Waals surface area contributed by atoms with E-state index in [1.807, 2.05) is 0 Å². The molecular formula is C11H6BrF3N2S. The zero-order valence-corrected chi connectivity index (χ0v) is 11.2. The SMILES string of the molecule is FC(F)(F)c1ccnc(Sc2ccc(Br)cc2)n1. The molecule has 0 amide bonds. The highest BCUT2D eigenvalue weighted by molar-refractivity contribution is 9.10. The van der Waals surface area contributed by atoms with Crippen molar-refractivity contribution in [2.45, 2.75) is 16.2 Å². The first-order valence-corrected chi connectivity index (χ1v) is 6.40. The second kappa shape index (κ2) is 5.27. The van der Waals surface area contributed by atoms with E-state index in [1.54, 1.807) is 24.3 Å². The summed E-state index contributed by atoms with van der Waals surface area (Å²) in [5, 5.41) is 0.0761. The van der Waals surface area contributed by atoms with Gasteiger partial charge >= 0.3 is 6.18 Å². The molecule has 2 nitrogen and oxygen atoms in total. The van der Waals surface area contributed by atoms with E-state index in [4.69, 9.17) is 0 Å². The highest BCUT2D eigenvalue weighted by Gasteiger charge is 2.32. The molecule has 0 atom stereocenters. The van der Waals surface area contributed by atoms with Gasteiger partial charge in [0.15, 0.2) is 5.16 Å². The van der Waals surface area contributed by atoms with Crippen LogP contribution in [0.2, 0.25) is 0 Å². The molecule has 1 aromatic heterocycles. The lowest BCUT2D eigenvalue weighted by Gasteiger charge is -2.06. The average molecular weight is 335 g/mol. The van der Waals surface area contributed by atoms with Crippen molar-refractivity contribution < 1.29 is 13.2 Å². The van der Waals surface area contributed by atoms with Crippen LogP contribution in [-0.2, 0) is 6.18 Å². The second-order valence-electron chi connectivity index (χ2n) is 3.28. The monoisotopic (exact) mass is 334 g/mol. The summed E-state index contributed by atoms with van der Waals surface area (Å²) in [6, 6.07) is 8.01. The third kappa shape index (κ3) is 3.46. The fourth-order valence-electron chi connectivity index (χ4n) is 1.16. The van der Waals surface area contributed by atoms with Crippen molar-refractivity contribution in [3.63, 3.8) is 0 Å². The Balaban J connectivity index is 2.22. The summed E-state index contributed by atoms with van der Waals surface area (Å²) in [5.41, 5.74) is -0.933. The van der Waals surface area contributed by atoms with Gasteiger partial charge in [0.25, 0.3) is 0 Å². The van der Waals surface area contributed by atoms with E-state index < -0.39 is 11.9 Å². The summed E-state index contributed by atoms with van der Waals surface area (Å²) in [6.45, 7) is 0. The summed E-state index contributed by atoms with van der Waals surface area (Å²) < 4.78 is 38.3. The van der Waals surface area contributed by atoms with E-state index in [0.29, 0.717) is 0 Å². The van der Waals surface area contributed by atoms with Crippen LogP contribution >= 0.6 is 27.7 Å². The van der Waals surface area contributed by atoms with Crippen LogP contribution in [0.1, 0.15) is 5.69 Å². The molecule has 1 aromatic carbocycles. The molecule has 0 aliphatic carbocycles. The highest BCUT2D eigenvalue weighted by Crippen LogP contribution is 2.30. The Morgan fingerprint density at radius 2 is 1.72 bits per heavy atom. The molecule has 94 valence electrons. The van der Waals surface area contributed by atoms with Crippen LogP contribution in [0.15, 0.2) is 51.1 Å². The molecule has 7 heteroatoms. The van der Waals surface area contributed by atoms with Gasteiger partial charge in [-0.15, -0.1) is 0 Å². The van der Waals surface area contributed by atoms with Crippen molar-refractivity contribution in [2.75, 3.05) is 0 Å². The summed E-state index contributed by atoms with van der Waals surface area (Å²) in [7, 11) is 0. The number of alkyl halides is 3. The van der Waals surface area contributed by atoms with Crippen molar-refractivity contribution in [3.05, 3.63) is 46.7 Å². The molecule has 0 fully saturated rings. The molecule has 0 bridgehead atoms. The van der Waals surface area contributed by atoms with Crippen LogP contribution < -0.4 is 0 Å². The molecule has 0 radical (unpaired) electrons. The fourth-order valence-corrected chi connectivity index (χ4v) is 2.16. The highest BCUT2D eigenvalue weighted by atomic mass is 79.9. The maximum atomic E-state index is 12.5. The zero-order chi connectivity index (χ0) is 13.2. The van der Waals surface area contributed by atoms with E-state index in [2.05, 4.69) is 25.9 Å². The van der Waals surface area contributed by atoms with Gasteiger partial charge in [-0.05, 0) is 42.1 Å². The first kappa shape index (κ1) is 13.4. The lowest BCUT2D eigenvalue weighted by molar-refractivity contribution is -0.141. The van der Waals surface area contributed by atoms with Crippen LogP contribution in [0.3, 0.4) is 0 Å². The predicted molar refractivity (Wildman–Crippen MR) is 65.3 cm³/mol. The third-order valence-electron chi connectivity index (χ3n) is 1.95. The molecule has 0 aliphatic heterocycles. The molecular weight excluding hydrogens is 329 g/mol. The predicted octanol–water partition coefficient (Wildman–Crippen LogP) is 4.41. The van der Waals surface area contributed by atoms with E-state index in [1.165, 1.54) is 0 Å². The molecule has 0 aliphatic rings. The minimum Gasteiger partial charge on any atom is -0.231 e. The average Bonchev–Trinajstić information content (AvgIpc) is 2.31. The van der Waals surface area contributed by atoms with Gasteiger partial charge in [-0.2, -0.15) is 13.2 Å². The largest absolute Gasteiger partial charge is 0.433 e. The van der Waals surface area contributed by atoms with E-state index >= 15 is 0 Å². The number of benzene rings is 1. The summed E-state index contributed by atoms with van der Waals surface area (Å²) in [5.74, 6) is 0. The van der Waals surface area contributed by atoms with Gasteiger partial charge in [-0.25, -0.2) is 9.97 Å². The first-order valence-electron chi connectivity index (χ1n) is 4.79. The Bertz CT molecular complexity index is 543. The summed E-state index contributed by atoms with van der Waals surface area (Å²) >= 11 is 4.36. The molecule has 2 aromatic rings. The topological polar surface area (TPSA) is 25.8 Å². The number of halogens is 4. The van der Waals surface area contributed by atoms with Gasteiger partial charge in [0.05, 0.1) is 0 Å². The standard InChI is InChI=1S/C11H6BrF3N2S/c12-7-1-3-8(4-2-7)18-10-16-6-5-9(17-10)11(13,14)15/h1-6H. The lowest BCUT2D eigenvalue weighted by atomic mass is 10.4. The van der Waals surface area contributed by atoms with Crippen LogP contribution in [-0.4, -0.2) is 9.97 Å². The molecule has 0 saturated carbocycles. The Kier molecular flexibility index (Phi) is 3.91. The molecule has 2 rings (SSSR count). The van der Waals surface area contributed by atoms with Crippen molar-refractivity contribution in [1.29, 1.82) is 0 Å². The van der Waals surface area contributed by atoms with E-state index in [9.17, 15) is 13.2 Å². The van der Waals surface area contributed by atoms with E-state index in [0.717, 1.165) is 33.4 Å². The number of rotatable bonds is 2. The Hall–Kier alpha value is -1.08. The van der Waals surface area contributed by atoms with Gasteiger partial charge in [0.1, 0.15) is 5.69 Å². The number of aromatic nitrogens is 2. The Morgan fingerprint density at radius 1 is 1.06 bits per heavy atom. The number of hydrogen-bond acceptors (Lipinski definition) is 3. The summed E-state index contributed by atoms with van der Waals surface area (Å²) in [6.07, 6.45) is -3.34. The first-order chi connectivity index (χ1) is 8.45. The number of nitrogens with zero attached hydrogens (tertiary/aromatic N) is 2. The van der Waals surface area contributed by atoms with Crippen molar-refractivity contribution >= 4 is 27.7 Å². The van der Waals surface area contributed by atoms with Crippen molar-refractivity contribution in [1.82, 2.24) is 9.97 Å². The van der Waals surface area contributed by atoms with Gasteiger partial charge in [0.2, 0.25) is 0 Å². The normalized spacial score (nSPS) is 11.6. The van der Waals surface area contributed by atoms with E-state index in [-0.39, 0.29) is 5.16 Å². The molecule has 18 heavy (non-hydrogen) atoms. The molecule has 0 N–H and O–H groups in total. The fraction of sp³-hybridized carbons (Fsp3) is 0.0909. The molecule has 0 unspecified atom stereocenters. The van der Waals surface area contributed by atoms with Gasteiger partial charge in [-0.1, -0.05) is 15.9 Å². The summed E-state index contributed by atoms with van der Waals surface area (Å²) in [4.78, 5) is 8.06. The molecule has 0 spiro atoms. The maximum Gasteiger partial charge on any atom is 0.433 e. The van der Waals surface area contributed by atoms with Gasteiger partial charge in [-0.3, -0.25) is 0 Å². The van der Waals surface area contributed by atoms with Crippen LogP contribution in [0.25, 0.3) is 0 Å². The van der Waals surface area contributed by atoms with Crippen molar-refractivity contribution in [2.24, 2.45) is 0 Å². The van der Waals surface area contributed by atoms with Gasteiger partial charge < -0.3 is 0 Å². The Morgan fingerprint density at radius 3 is 2.33 bits per heavy atom. The second-order valence-corrected chi connectivity index (χ2v) is 5.23. The third-order valence-corrected chi connectivity index (χ3v) is 3.36. The molecule has 0 saturated heterocycles. The van der Waals surface area contributed by atoms with Crippen LogP contribution in [0.4, 0.5) is 13.2 Å². The zero-order valence-electron chi connectivity index (χ0n) is 8.78. The molecule has 1 heterocycles.